The minimum Gasteiger partial charge on any atom is -0.481 e. The van der Waals surface area contributed by atoms with Crippen molar-refractivity contribution < 1.29 is 14.7 Å². The topological polar surface area (TPSA) is 72.2 Å². The van der Waals surface area contributed by atoms with Gasteiger partial charge in [0.15, 0.2) is 5.78 Å². The zero-order valence-electron chi connectivity index (χ0n) is 9.72. The highest BCUT2D eigenvalue weighted by atomic mass is 16.4. The summed E-state index contributed by atoms with van der Waals surface area (Å²) in [5.41, 5.74) is 2.47. The van der Waals surface area contributed by atoms with Gasteiger partial charge in [-0.25, -0.2) is 4.98 Å². The maximum absolute atomic E-state index is 11.5. The molecule has 3 heterocycles. The molecule has 0 fully saturated rings. The fraction of sp³-hybridized carbons (Fsp3) is 0.308. The van der Waals surface area contributed by atoms with Gasteiger partial charge in [0.1, 0.15) is 5.65 Å². The number of rotatable bonds is 2. The number of carbonyl (C=O) groups is 2. The van der Waals surface area contributed by atoms with E-state index in [2.05, 4.69) is 4.98 Å². The summed E-state index contributed by atoms with van der Waals surface area (Å²) >= 11 is 0. The zero-order valence-corrected chi connectivity index (χ0v) is 9.72. The summed E-state index contributed by atoms with van der Waals surface area (Å²) in [6.07, 6.45) is 2.75. The van der Waals surface area contributed by atoms with Crippen molar-refractivity contribution in [2.45, 2.75) is 25.8 Å². The van der Waals surface area contributed by atoms with Crippen LogP contribution in [0.5, 0.6) is 0 Å². The van der Waals surface area contributed by atoms with Crippen molar-refractivity contribution in [3.05, 3.63) is 29.6 Å². The van der Waals surface area contributed by atoms with E-state index in [0.717, 1.165) is 22.3 Å². The molecule has 1 aliphatic rings. The second-order valence-corrected chi connectivity index (χ2v) is 4.50. The number of Topliss-reactive ketones (excluding diaryl/α,β-unsaturated/α-hetero) is 1. The normalized spacial score (nSPS) is 14.8. The predicted molar refractivity (Wildman–Crippen MR) is 64.4 cm³/mol. The summed E-state index contributed by atoms with van der Waals surface area (Å²) in [4.78, 5) is 26.8. The molecule has 18 heavy (non-hydrogen) atoms. The van der Waals surface area contributed by atoms with E-state index in [-0.39, 0.29) is 12.2 Å². The Morgan fingerprint density at radius 1 is 1.44 bits per heavy atom. The molecule has 0 radical (unpaired) electrons. The molecule has 0 amide bonds. The van der Waals surface area contributed by atoms with Crippen LogP contribution in [0.2, 0.25) is 0 Å². The first kappa shape index (κ1) is 11.0. The molecule has 1 aliphatic heterocycles. The minimum atomic E-state index is -0.856. The predicted octanol–water partition coefficient (Wildman–Crippen LogP) is 1.18. The van der Waals surface area contributed by atoms with Gasteiger partial charge >= 0.3 is 5.97 Å². The highest BCUT2D eigenvalue weighted by Crippen LogP contribution is 2.28. The number of carboxylic acids is 1. The molecule has 5 nitrogen and oxygen atoms in total. The van der Waals surface area contributed by atoms with E-state index >= 15 is 0 Å². The third-order valence-electron chi connectivity index (χ3n) is 3.34. The van der Waals surface area contributed by atoms with Gasteiger partial charge in [-0.15, -0.1) is 0 Å². The number of nitrogens with zero attached hydrogens (tertiary/aromatic N) is 2. The summed E-state index contributed by atoms with van der Waals surface area (Å²) in [6.45, 7) is 0.308. The van der Waals surface area contributed by atoms with Crippen LogP contribution in [-0.2, 0) is 29.0 Å². The Kier molecular flexibility index (Phi) is 2.40. The van der Waals surface area contributed by atoms with E-state index in [1.165, 1.54) is 0 Å². The van der Waals surface area contributed by atoms with Crippen LogP contribution in [0.15, 0.2) is 18.3 Å². The lowest BCUT2D eigenvalue weighted by molar-refractivity contribution is -0.136. The van der Waals surface area contributed by atoms with Gasteiger partial charge in [-0.1, -0.05) is 0 Å². The Morgan fingerprint density at radius 2 is 2.28 bits per heavy atom. The van der Waals surface area contributed by atoms with Crippen molar-refractivity contribution >= 4 is 22.8 Å². The monoisotopic (exact) mass is 244 g/mol. The van der Waals surface area contributed by atoms with E-state index in [0.29, 0.717) is 19.4 Å². The maximum atomic E-state index is 11.5. The first-order valence-corrected chi connectivity index (χ1v) is 5.85. The van der Waals surface area contributed by atoms with E-state index in [1.807, 2.05) is 10.6 Å². The molecule has 0 saturated heterocycles. The fourth-order valence-corrected chi connectivity index (χ4v) is 2.61. The lowest BCUT2D eigenvalue weighted by Crippen LogP contribution is -2.20. The third-order valence-corrected chi connectivity index (χ3v) is 3.34. The SMILES string of the molecule is O=C(O)Cc1c2n(c3ncccc13)CC(=O)CC2. The smallest absolute Gasteiger partial charge is 0.307 e. The highest BCUT2D eigenvalue weighted by molar-refractivity contribution is 5.90. The number of fused-ring (bicyclic) bond motifs is 3. The molecule has 0 bridgehead atoms. The van der Waals surface area contributed by atoms with Crippen molar-refractivity contribution in [3.63, 3.8) is 0 Å². The lowest BCUT2D eigenvalue weighted by atomic mass is 10.0. The van der Waals surface area contributed by atoms with E-state index < -0.39 is 5.97 Å². The third kappa shape index (κ3) is 1.59. The van der Waals surface area contributed by atoms with Crippen LogP contribution < -0.4 is 0 Å². The van der Waals surface area contributed by atoms with Crippen LogP contribution in [-0.4, -0.2) is 26.4 Å². The molecule has 3 rings (SSSR count). The Labute approximate surface area is 103 Å². The average molecular weight is 244 g/mol. The number of hydrogen-bond acceptors (Lipinski definition) is 3. The summed E-state index contributed by atoms with van der Waals surface area (Å²) in [6, 6.07) is 3.66. The fourth-order valence-electron chi connectivity index (χ4n) is 2.61. The molecule has 0 saturated carbocycles. The first-order valence-electron chi connectivity index (χ1n) is 5.85. The summed E-state index contributed by atoms with van der Waals surface area (Å²) in [7, 11) is 0. The van der Waals surface area contributed by atoms with Crippen LogP contribution in [0.25, 0.3) is 11.0 Å². The summed E-state index contributed by atoms with van der Waals surface area (Å²) in [5, 5.41) is 9.85. The number of aliphatic carboxylic acids is 1. The van der Waals surface area contributed by atoms with Crippen LogP contribution in [0.4, 0.5) is 0 Å². The van der Waals surface area contributed by atoms with Crippen LogP contribution in [0.3, 0.4) is 0 Å². The van der Waals surface area contributed by atoms with Crippen molar-refractivity contribution in [2.24, 2.45) is 0 Å². The van der Waals surface area contributed by atoms with E-state index in [9.17, 15) is 9.59 Å². The van der Waals surface area contributed by atoms with Gasteiger partial charge in [0.2, 0.25) is 0 Å². The van der Waals surface area contributed by atoms with Crippen molar-refractivity contribution in [1.82, 2.24) is 9.55 Å². The molecule has 0 atom stereocenters. The molecule has 0 spiro atoms. The van der Waals surface area contributed by atoms with Gasteiger partial charge in [0, 0.05) is 23.7 Å². The number of pyridine rings is 1. The summed E-state index contributed by atoms with van der Waals surface area (Å²) in [5.74, 6) is -0.682. The number of ketones is 1. The van der Waals surface area contributed by atoms with Crippen molar-refractivity contribution in [1.29, 1.82) is 0 Å². The molecule has 0 aromatic carbocycles. The highest BCUT2D eigenvalue weighted by Gasteiger charge is 2.24. The molecular formula is C13H12N2O3. The Balaban J connectivity index is 2.27. The van der Waals surface area contributed by atoms with Crippen molar-refractivity contribution in [3.8, 4) is 0 Å². The zero-order chi connectivity index (χ0) is 12.7. The molecule has 0 unspecified atom stereocenters. The van der Waals surface area contributed by atoms with Crippen LogP contribution >= 0.6 is 0 Å². The minimum absolute atomic E-state index is 0.0152. The van der Waals surface area contributed by atoms with Gasteiger partial charge in [-0.3, -0.25) is 9.59 Å². The molecule has 2 aromatic rings. The Morgan fingerprint density at radius 3 is 3.06 bits per heavy atom. The Bertz CT molecular complexity index is 658. The van der Waals surface area contributed by atoms with Gasteiger partial charge in [-0.2, -0.15) is 0 Å². The molecule has 1 N–H and O–H groups in total. The number of hydrogen-bond donors (Lipinski definition) is 1. The average Bonchev–Trinajstić information content (AvgIpc) is 2.64. The van der Waals surface area contributed by atoms with Gasteiger partial charge in [0.05, 0.1) is 13.0 Å². The quantitative estimate of drug-likeness (QED) is 0.861. The van der Waals surface area contributed by atoms with Crippen LogP contribution in [0.1, 0.15) is 17.7 Å². The van der Waals surface area contributed by atoms with E-state index in [4.69, 9.17) is 5.11 Å². The van der Waals surface area contributed by atoms with Gasteiger partial charge < -0.3 is 9.67 Å². The van der Waals surface area contributed by atoms with Crippen molar-refractivity contribution in [2.75, 3.05) is 0 Å². The number of carbonyl (C=O) groups excluding carboxylic acids is 1. The summed E-state index contributed by atoms with van der Waals surface area (Å²) < 4.78 is 1.86. The van der Waals surface area contributed by atoms with E-state index in [1.54, 1.807) is 12.3 Å². The Hall–Kier alpha value is -2.17. The van der Waals surface area contributed by atoms with Gasteiger partial charge in [0.25, 0.3) is 0 Å². The lowest BCUT2D eigenvalue weighted by Gasteiger charge is -2.15. The van der Waals surface area contributed by atoms with Gasteiger partial charge in [-0.05, 0) is 24.1 Å². The molecule has 5 heteroatoms. The number of carboxylic acid groups (broad SMARTS) is 1. The number of aromatic nitrogens is 2. The maximum Gasteiger partial charge on any atom is 0.307 e. The molecule has 2 aromatic heterocycles. The molecular weight excluding hydrogens is 232 g/mol. The van der Waals surface area contributed by atoms with Crippen LogP contribution in [0, 0.1) is 0 Å². The largest absolute Gasteiger partial charge is 0.481 e. The molecule has 0 aliphatic carbocycles. The second kappa shape index (κ2) is 3.94. The first-order chi connectivity index (χ1) is 8.66. The molecule has 92 valence electrons. The standard InChI is InChI=1S/C13H12N2O3/c16-8-3-4-11-10(6-12(17)18)9-2-1-5-14-13(9)15(11)7-8/h1-2,5H,3-4,6-7H2,(H,17,18). The second-order valence-electron chi connectivity index (χ2n) is 4.50.